The van der Waals surface area contributed by atoms with Crippen LogP contribution >= 0.6 is 0 Å². The maximum Gasteiger partial charge on any atom is 0.320 e. The van der Waals surface area contributed by atoms with Gasteiger partial charge in [0, 0.05) is 12.6 Å². The minimum atomic E-state index is -0.971. The Morgan fingerprint density at radius 2 is 2.27 bits per heavy atom. The van der Waals surface area contributed by atoms with Gasteiger partial charge in [0.25, 0.3) is 0 Å². The lowest BCUT2D eigenvalue weighted by atomic mass is 10.2. The number of rotatable bonds is 6. The Balaban J connectivity index is 1.95. The number of carboxylic acid groups (broad SMARTS) is 1. The van der Waals surface area contributed by atoms with Crippen molar-refractivity contribution in [3.05, 3.63) is 0 Å². The summed E-state index contributed by atoms with van der Waals surface area (Å²) in [6, 6.07) is -0.330. The van der Waals surface area contributed by atoms with Crippen LogP contribution in [0.2, 0.25) is 0 Å². The third-order valence-electron chi connectivity index (χ3n) is 2.24. The van der Waals surface area contributed by atoms with E-state index in [0.717, 1.165) is 12.8 Å². The van der Waals surface area contributed by atoms with Crippen LogP contribution in [0.4, 0.5) is 0 Å². The van der Waals surface area contributed by atoms with Crippen LogP contribution in [0.3, 0.4) is 0 Å². The number of nitrogens with one attached hydrogen (secondary N) is 3. The van der Waals surface area contributed by atoms with E-state index in [1.807, 2.05) is 0 Å². The molecule has 1 fully saturated rings. The molecular weight excluding hydrogens is 196 g/mol. The third kappa shape index (κ3) is 5.21. The molecule has 0 aromatic carbocycles. The van der Waals surface area contributed by atoms with Crippen molar-refractivity contribution in [1.29, 1.82) is 5.41 Å². The van der Waals surface area contributed by atoms with Crippen LogP contribution < -0.4 is 16.4 Å². The lowest BCUT2D eigenvalue weighted by molar-refractivity contribution is -0.138. The highest BCUT2D eigenvalue weighted by molar-refractivity contribution is 5.77. The molecule has 1 rings (SSSR count). The molecule has 1 aliphatic rings. The Labute approximate surface area is 88.7 Å². The van der Waals surface area contributed by atoms with E-state index in [1.54, 1.807) is 0 Å². The molecule has 0 heterocycles. The number of carboxylic acids is 1. The predicted molar refractivity (Wildman–Crippen MR) is 56.7 cm³/mol. The lowest BCUT2D eigenvalue weighted by Gasteiger charge is -2.10. The number of nitrogens with two attached hydrogens (primary N) is 1. The van der Waals surface area contributed by atoms with Gasteiger partial charge in [0.2, 0.25) is 0 Å². The van der Waals surface area contributed by atoms with Gasteiger partial charge in [0.1, 0.15) is 6.04 Å². The molecule has 0 saturated heterocycles. The minimum absolute atomic E-state index is 0.321. The van der Waals surface area contributed by atoms with Crippen LogP contribution in [0.1, 0.15) is 25.7 Å². The molecule has 0 radical (unpaired) electrons. The van der Waals surface area contributed by atoms with Gasteiger partial charge in [-0.1, -0.05) is 0 Å². The monoisotopic (exact) mass is 214 g/mol. The lowest BCUT2D eigenvalue weighted by Crippen LogP contribution is -2.38. The molecule has 0 aromatic rings. The second kappa shape index (κ2) is 5.55. The molecule has 1 aliphatic carbocycles. The molecule has 6 nitrogen and oxygen atoms in total. The van der Waals surface area contributed by atoms with E-state index in [0.29, 0.717) is 31.4 Å². The Kier molecular flexibility index (Phi) is 4.36. The van der Waals surface area contributed by atoms with E-state index in [-0.39, 0.29) is 0 Å². The Morgan fingerprint density at radius 1 is 1.60 bits per heavy atom. The molecule has 1 saturated carbocycles. The predicted octanol–water partition coefficient (Wildman–Crippen LogP) is -0.545. The summed E-state index contributed by atoms with van der Waals surface area (Å²) < 4.78 is 0. The van der Waals surface area contributed by atoms with Gasteiger partial charge < -0.3 is 21.5 Å². The number of guanidine groups is 1. The molecular formula is C9H18N4O2. The van der Waals surface area contributed by atoms with E-state index in [9.17, 15) is 4.79 Å². The SMILES string of the molecule is N=C(NCCC[C@H](N)C(=O)O)NC1CC1. The molecule has 0 bridgehead atoms. The zero-order chi connectivity index (χ0) is 11.3. The van der Waals surface area contributed by atoms with Gasteiger partial charge >= 0.3 is 5.97 Å². The van der Waals surface area contributed by atoms with E-state index >= 15 is 0 Å². The van der Waals surface area contributed by atoms with Gasteiger partial charge in [-0.3, -0.25) is 10.2 Å². The van der Waals surface area contributed by atoms with Gasteiger partial charge in [-0.15, -0.1) is 0 Å². The minimum Gasteiger partial charge on any atom is -0.480 e. The highest BCUT2D eigenvalue weighted by Gasteiger charge is 2.21. The summed E-state index contributed by atoms with van der Waals surface area (Å²) in [5.74, 6) is -0.650. The third-order valence-corrected chi connectivity index (χ3v) is 2.24. The smallest absolute Gasteiger partial charge is 0.320 e. The summed E-state index contributed by atoms with van der Waals surface area (Å²) in [5, 5.41) is 21.8. The molecule has 6 heteroatoms. The maximum absolute atomic E-state index is 10.4. The zero-order valence-electron chi connectivity index (χ0n) is 8.62. The summed E-state index contributed by atoms with van der Waals surface area (Å²) >= 11 is 0. The van der Waals surface area contributed by atoms with Crippen LogP contribution in [0.15, 0.2) is 0 Å². The molecule has 15 heavy (non-hydrogen) atoms. The van der Waals surface area contributed by atoms with E-state index in [1.165, 1.54) is 0 Å². The molecule has 0 unspecified atom stereocenters. The highest BCUT2D eigenvalue weighted by Crippen LogP contribution is 2.17. The first kappa shape index (κ1) is 11.8. The summed E-state index contributed by atoms with van der Waals surface area (Å²) in [5.41, 5.74) is 5.33. The average molecular weight is 214 g/mol. The van der Waals surface area contributed by atoms with E-state index in [4.69, 9.17) is 16.2 Å². The van der Waals surface area contributed by atoms with Crippen LogP contribution in [0, 0.1) is 5.41 Å². The molecule has 6 N–H and O–H groups in total. The van der Waals surface area contributed by atoms with Gasteiger partial charge in [-0.25, -0.2) is 0 Å². The second-order valence-corrected chi connectivity index (χ2v) is 3.81. The van der Waals surface area contributed by atoms with Crippen molar-refractivity contribution in [2.45, 2.75) is 37.8 Å². The molecule has 86 valence electrons. The van der Waals surface area contributed by atoms with Gasteiger partial charge in [0.15, 0.2) is 5.96 Å². The van der Waals surface area contributed by atoms with Gasteiger partial charge in [-0.2, -0.15) is 0 Å². The molecule has 0 amide bonds. The van der Waals surface area contributed by atoms with Crippen LogP contribution in [-0.2, 0) is 4.79 Å². The van der Waals surface area contributed by atoms with Crippen molar-refractivity contribution in [3.63, 3.8) is 0 Å². The molecule has 0 aliphatic heterocycles. The number of carbonyl (C=O) groups is 1. The normalized spacial score (nSPS) is 16.9. The first-order chi connectivity index (χ1) is 7.09. The van der Waals surface area contributed by atoms with Crippen LogP contribution in [-0.4, -0.2) is 35.7 Å². The van der Waals surface area contributed by atoms with Crippen molar-refractivity contribution >= 4 is 11.9 Å². The first-order valence-corrected chi connectivity index (χ1v) is 5.17. The maximum atomic E-state index is 10.4. The number of hydrogen-bond acceptors (Lipinski definition) is 3. The van der Waals surface area contributed by atoms with Crippen molar-refractivity contribution in [3.8, 4) is 0 Å². The van der Waals surface area contributed by atoms with Crippen LogP contribution in [0.5, 0.6) is 0 Å². The molecule has 0 aromatic heterocycles. The van der Waals surface area contributed by atoms with Crippen molar-refractivity contribution in [2.24, 2.45) is 5.73 Å². The van der Waals surface area contributed by atoms with E-state index in [2.05, 4.69) is 10.6 Å². The second-order valence-electron chi connectivity index (χ2n) is 3.81. The standard InChI is InChI=1S/C9H18N4O2/c10-7(8(14)15)2-1-5-12-9(11)13-6-3-4-6/h6-7H,1-5,10H2,(H,14,15)(H3,11,12,13)/t7-/m0/s1. The summed E-state index contributed by atoms with van der Waals surface area (Å²) in [7, 11) is 0. The first-order valence-electron chi connectivity index (χ1n) is 5.17. The van der Waals surface area contributed by atoms with Gasteiger partial charge in [0.05, 0.1) is 0 Å². The largest absolute Gasteiger partial charge is 0.480 e. The zero-order valence-corrected chi connectivity index (χ0v) is 8.62. The summed E-state index contributed by atoms with van der Waals surface area (Å²) in [4.78, 5) is 10.4. The fourth-order valence-corrected chi connectivity index (χ4v) is 1.14. The van der Waals surface area contributed by atoms with Crippen molar-refractivity contribution < 1.29 is 9.90 Å². The Hall–Kier alpha value is -1.30. The number of aliphatic carboxylic acids is 1. The molecule has 0 spiro atoms. The fraction of sp³-hybridized carbons (Fsp3) is 0.778. The van der Waals surface area contributed by atoms with Gasteiger partial charge in [-0.05, 0) is 25.7 Å². The van der Waals surface area contributed by atoms with E-state index < -0.39 is 12.0 Å². The van der Waals surface area contributed by atoms with Crippen LogP contribution in [0.25, 0.3) is 0 Å². The number of hydrogen-bond donors (Lipinski definition) is 5. The summed E-state index contributed by atoms with van der Waals surface area (Å²) in [6.45, 7) is 0.583. The fourth-order valence-electron chi connectivity index (χ4n) is 1.14. The Morgan fingerprint density at radius 3 is 2.80 bits per heavy atom. The van der Waals surface area contributed by atoms with Crippen molar-refractivity contribution in [2.75, 3.05) is 6.54 Å². The van der Waals surface area contributed by atoms with Crippen molar-refractivity contribution in [1.82, 2.24) is 10.6 Å². The quantitative estimate of drug-likeness (QED) is 0.231. The molecule has 1 atom stereocenters. The topological polar surface area (TPSA) is 111 Å². The highest BCUT2D eigenvalue weighted by atomic mass is 16.4. The summed E-state index contributed by atoms with van der Waals surface area (Å²) in [6.07, 6.45) is 3.35. The Bertz CT molecular complexity index is 240. The average Bonchev–Trinajstić information content (AvgIpc) is 2.95.